The van der Waals surface area contributed by atoms with Gasteiger partial charge >= 0.3 is 5.97 Å². The summed E-state index contributed by atoms with van der Waals surface area (Å²) in [4.78, 5) is 24.3. The Bertz CT molecular complexity index is 758. The van der Waals surface area contributed by atoms with Crippen molar-refractivity contribution in [3.05, 3.63) is 28.8 Å². The van der Waals surface area contributed by atoms with E-state index in [0.29, 0.717) is 10.8 Å². The molecular formula is C23H30ClNO4. The third-order valence-electron chi connectivity index (χ3n) is 7.18. The Hall–Kier alpha value is -1.75. The molecule has 4 aliphatic rings. The highest BCUT2D eigenvalue weighted by Gasteiger charge is 2.53. The standard InChI is InChI=1S/C23H30ClNO4/c1-14-3-4-19(24)20(5-14)28-13-22(27)29-12-21(26)25-15(2)23-9-16-6-17(10-23)8-18(7-16)11-23/h3-5,15-18H,6-13H2,1-2H3,(H,25,26)/t15-,16?,17?,18?,23?/m0/s1. The average Bonchev–Trinajstić information content (AvgIpc) is 2.66. The molecule has 0 aromatic heterocycles. The number of nitrogens with one attached hydrogen (secondary N) is 1. The molecule has 4 aliphatic carbocycles. The van der Waals surface area contributed by atoms with Gasteiger partial charge in [0.05, 0.1) is 5.02 Å². The fourth-order valence-corrected chi connectivity index (χ4v) is 6.36. The smallest absolute Gasteiger partial charge is 0.344 e. The Morgan fingerprint density at radius 3 is 2.38 bits per heavy atom. The zero-order valence-electron chi connectivity index (χ0n) is 17.2. The van der Waals surface area contributed by atoms with Gasteiger partial charge in [-0.1, -0.05) is 17.7 Å². The van der Waals surface area contributed by atoms with Crippen LogP contribution in [0.3, 0.4) is 0 Å². The first-order valence-corrected chi connectivity index (χ1v) is 11.0. The quantitative estimate of drug-likeness (QED) is 0.669. The average molecular weight is 420 g/mol. The van der Waals surface area contributed by atoms with Gasteiger partial charge in [0.2, 0.25) is 0 Å². The largest absolute Gasteiger partial charge is 0.480 e. The summed E-state index contributed by atoms with van der Waals surface area (Å²) in [6.45, 7) is 3.48. The van der Waals surface area contributed by atoms with E-state index in [-0.39, 0.29) is 30.6 Å². The van der Waals surface area contributed by atoms with Crippen LogP contribution >= 0.6 is 11.6 Å². The molecule has 1 aromatic rings. The second-order valence-corrected chi connectivity index (χ2v) is 9.86. The first-order chi connectivity index (χ1) is 13.8. The van der Waals surface area contributed by atoms with E-state index in [2.05, 4.69) is 12.2 Å². The van der Waals surface area contributed by atoms with Crippen LogP contribution in [0.4, 0.5) is 0 Å². The number of halogens is 1. The Labute approximate surface area is 177 Å². The Morgan fingerprint density at radius 1 is 1.14 bits per heavy atom. The number of rotatable bonds is 7. The summed E-state index contributed by atoms with van der Waals surface area (Å²) in [6, 6.07) is 5.46. The van der Waals surface area contributed by atoms with Gasteiger partial charge in [0, 0.05) is 6.04 Å². The zero-order chi connectivity index (χ0) is 20.6. The molecule has 5 rings (SSSR count). The molecular weight excluding hydrogens is 390 g/mol. The van der Waals surface area contributed by atoms with Crippen molar-refractivity contribution in [1.82, 2.24) is 5.32 Å². The molecule has 0 aliphatic heterocycles. The molecule has 0 heterocycles. The molecule has 4 saturated carbocycles. The van der Waals surface area contributed by atoms with Crippen LogP contribution in [0.5, 0.6) is 5.75 Å². The monoisotopic (exact) mass is 419 g/mol. The Balaban J connectivity index is 1.23. The fraction of sp³-hybridized carbons (Fsp3) is 0.652. The lowest BCUT2D eigenvalue weighted by atomic mass is 9.48. The number of ether oxygens (including phenoxy) is 2. The summed E-state index contributed by atoms with van der Waals surface area (Å²) < 4.78 is 10.5. The van der Waals surface area contributed by atoms with Gasteiger partial charge in [-0.2, -0.15) is 0 Å². The van der Waals surface area contributed by atoms with Gasteiger partial charge in [0.1, 0.15) is 5.75 Å². The van der Waals surface area contributed by atoms with Gasteiger partial charge in [-0.3, -0.25) is 4.79 Å². The van der Waals surface area contributed by atoms with Crippen LogP contribution in [0.2, 0.25) is 5.02 Å². The summed E-state index contributed by atoms with van der Waals surface area (Å²) in [5.74, 6) is 2.12. The number of hydrogen-bond acceptors (Lipinski definition) is 4. The lowest BCUT2D eigenvalue weighted by Crippen LogP contribution is -2.56. The van der Waals surface area contributed by atoms with E-state index < -0.39 is 5.97 Å². The number of aryl methyl sites for hydroxylation is 1. The Morgan fingerprint density at radius 2 is 1.76 bits per heavy atom. The molecule has 0 radical (unpaired) electrons. The molecule has 0 unspecified atom stereocenters. The molecule has 1 aromatic carbocycles. The van der Waals surface area contributed by atoms with E-state index in [4.69, 9.17) is 21.1 Å². The van der Waals surface area contributed by atoms with Gasteiger partial charge < -0.3 is 14.8 Å². The zero-order valence-corrected chi connectivity index (χ0v) is 18.0. The lowest BCUT2D eigenvalue weighted by molar-refractivity contribution is -0.151. The second-order valence-electron chi connectivity index (χ2n) is 9.45. The number of amides is 1. The first kappa shape index (κ1) is 20.5. The van der Waals surface area contributed by atoms with E-state index in [1.54, 1.807) is 12.1 Å². The number of esters is 1. The molecule has 158 valence electrons. The summed E-state index contributed by atoms with van der Waals surface area (Å²) in [7, 11) is 0. The van der Waals surface area contributed by atoms with Crippen molar-refractivity contribution in [2.75, 3.05) is 13.2 Å². The van der Waals surface area contributed by atoms with Crippen LogP contribution in [0.1, 0.15) is 51.0 Å². The van der Waals surface area contributed by atoms with E-state index in [9.17, 15) is 9.59 Å². The molecule has 1 N–H and O–H groups in total. The van der Waals surface area contributed by atoms with Crippen molar-refractivity contribution in [2.45, 2.75) is 58.4 Å². The predicted molar refractivity (Wildman–Crippen MR) is 111 cm³/mol. The van der Waals surface area contributed by atoms with E-state index in [0.717, 1.165) is 23.3 Å². The van der Waals surface area contributed by atoms with Gasteiger partial charge in [-0.15, -0.1) is 0 Å². The van der Waals surface area contributed by atoms with Gasteiger partial charge in [0.15, 0.2) is 13.2 Å². The molecule has 0 saturated heterocycles. The third kappa shape index (κ3) is 4.55. The third-order valence-corrected chi connectivity index (χ3v) is 7.49. The topological polar surface area (TPSA) is 64.6 Å². The first-order valence-electron chi connectivity index (χ1n) is 10.7. The molecule has 4 fully saturated rings. The van der Waals surface area contributed by atoms with Crippen LogP contribution in [0.25, 0.3) is 0 Å². The van der Waals surface area contributed by atoms with Crippen molar-refractivity contribution in [1.29, 1.82) is 0 Å². The van der Waals surface area contributed by atoms with Crippen molar-refractivity contribution in [3.8, 4) is 5.75 Å². The van der Waals surface area contributed by atoms with Crippen LogP contribution in [0.15, 0.2) is 18.2 Å². The van der Waals surface area contributed by atoms with Gasteiger partial charge in [0.25, 0.3) is 5.91 Å². The van der Waals surface area contributed by atoms with Crippen LogP contribution in [-0.2, 0) is 14.3 Å². The maximum Gasteiger partial charge on any atom is 0.344 e. The van der Waals surface area contributed by atoms with Crippen molar-refractivity contribution in [3.63, 3.8) is 0 Å². The summed E-state index contributed by atoms with van der Waals surface area (Å²) in [6.07, 6.45) is 7.81. The highest BCUT2D eigenvalue weighted by molar-refractivity contribution is 6.32. The van der Waals surface area contributed by atoms with Crippen molar-refractivity contribution >= 4 is 23.5 Å². The lowest BCUT2D eigenvalue weighted by Gasteiger charge is -2.59. The van der Waals surface area contributed by atoms with E-state index >= 15 is 0 Å². The normalized spacial score (nSPS) is 30.7. The number of carbonyl (C=O) groups excluding carboxylic acids is 2. The molecule has 6 heteroatoms. The molecule has 4 bridgehead atoms. The summed E-state index contributed by atoms with van der Waals surface area (Å²) in [5.41, 5.74) is 1.22. The summed E-state index contributed by atoms with van der Waals surface area (Å²) in [5, 5.41) is 3.54. The highest BCUT2D eigenvalue weighted by atomic mass is 35.5. The molecule has 5 nitrogen and oxygen atoms in total. The van der Waals surface area contributed by atoms with Crippen LogP contribution < -0.4 is 10.1 Å². The molecule has 1 amide bonds. The van der Waals surface area contributed by atoms with Crippen molar-refractivity contribution < 1.29 is 19.1 Å². The number of carbonyl (C=O) groups is 2. The number of hydrogen-bond donors (Lipinski definition) is 1. The molecule has 1 atom stereocenters. The van der Waals surface area contributed by atoms with E-state index in [1.165, 1.54) is 38.5 Å². The van der Waals surface area contributed by atoms with Gasteiger partial charge in [-0.05, 0) is 93.2 Å². The van der Waals surface area contributed by atoms with Crippen LogP contribution in [0, 0.1) is 30.1 Å². The minimum absolute atomic E-state index is 0.115. The molecule has 0 spiro atoms. The highest BCUT2D eigenvalue weighted by Crippen LogP contribution is 2.61. The van der Waals surface area contributed by atoms with Crippen molar-refractivity contribution in [2.24, 2.45) is 23.2 Å². The SMILES string of the molecule is Cc1ccc(Cl)c(OCC(=O)OCC(=O)N[C@@H](C)C23CC4CC(CC(C4)C2)C3)c1. The maximum atomic E-state index is 12.4. The Kier molecular flexibility index (Phi) is 5.78. The van der Waals surface area contributed by atoms with Gasteiger partial charge in [-0.25, -0.2) is 4.79 Å². The van der Waals surface area contributed by atoms with E-state index in [1.807, 2.05) is 13.0 Å². The minimum Gasteiger partial charge on any atom is -0.480 e. The maximum absolute atomic E-state index is 12.4. The second kappa shape index (κ2) is 8.17. The number of benzene rings is 1. The van der Waals surface area contributed by atoms with Crippen LogP contribution in [-0.4, -0.2) is 31.1 Å². The summed E-state index contributed by atoms with van der Waals surface area (Å²) >= 11 is 6.05. The fourth-order valence-electron chi connectivity index (χ4n) is 6.19. The minimum atomic E-state index is -0.583. The molecule has 29 heavy (non-hydrogen) atoms. The predicted octanol–water partition coefficient (Wildman–Crippen LogP) is 4.29.